The second kappa shape index (κ2) is 8.92. The average Bonchev–Trinajstić information content (AvgIpc) is 2.37. The third-order valence-electron chi connectivity index (χ3n) is 3.19. The summed E-state index contributed by atoms with van der Waals surface area (Å²) in [6, 6.07) is 0. The number of hydrogen-bond donors (Lipinski definition) is 1. The van der Waals surface area contributed by atoms with Crippen LogP contribution >= 0.6 is 15.9 Å². The molecule has 1 amide bonds. The van der Waals surface area contributed by atoms with Crippen LogP contribution in [0.5, 0.6) is 0 Å². The van der Waals surface area contributed by atoms with Gasteiger partial charge in [0.15, 0.2) is 0 Å². The zero-order valence-corrected chi connectivity index (χ0v) is 12.3. The number of alkyl halides is 1. The van der Waals surface area contributed by atoms with Gasteiger partial charge < -0.3 is 10.1 Å². The molecule has 1 saturated heterocycles. The summed E-state index contributed by atoms with van der Waals surface area (Å²) < 4.78 is 5.60. The van der Waals surface area contributed by atoms with Crippen molar-refractivity contribution in [3.8, 4) is 0 Å². The van der Waals surface area contributed by atoms with E-state index >= 15 is 0 Å². The molecule has 0 aliphatic carbocycles. The van der Waals surface area contributed by atoms with Crippen LogP contribution in [0.15, 0.2) is 0 Å². The van der Waals surface area contributed by atoms with Gasteiger partial charge in [0.1, 0.15) is 0 Å². The van der Waals surface area contributed by atoms with Gasteiger partial charge in [0.2, 0.25) is 5.91 Å². The fourth-order valence-electron chi connectivity index (χ4n) is 1.99. The van der Waals surface area contributed by atoms with Gasteiger partial charge in [-0.15, -0.1) is 0 Å². The molecule has 0 saturated carbocycles. The lowest BCUT2D eigenvalue weighted by molar-refractivity contribution is -0.122. The summed E-state index contributed by atoms with van der Waals surface area (Å²) in [5.41, 5.74) is 0. The first-order chi connectivity index (χ1) is 8.22. The van der Waals surface area contributed by atoms with E-state index in [-0.39, 0.29) is 5.91 Å². The van der Waals surface area contributed by atoms with Crippen LogP contribution in [0.25, 0.3) is 0 Å². The zero-order valence-electron chi connectivity index (χ0n) is 10.7. The molecule has 0 radical (unpaired) electrons. The van der Waals surface area contributed by atoms with Crippen LogP contribution in [0.2, 0.25) is 0 Å². The van der Waals surface area contributed by atoms with Crippen LogP contribution in [0, 0.1) is 0 Å². The molecule has 100 valence electrons. The Bertz CT molecular complexity index is 217. The van der Waals surface area contributed by atoms with Crippen LogP contribution in [-0.4, -0.2) is 30.0 Å². The standard InChI is InChI=1S/C13H24BrNO2/c1-2-11(14)8-9-15-13(16)7-6-12-5-3-4-10-17-12/h11-12H,2-10H2,1H3,(H,15,16). The maximum Gasteiger partial charge on any atom is 0.220 e. The first-order valence-corrected chi connectivity index (χ1v) is 7.66. The molecule has 3 nitrogen and oxygen atoms in total. The van der Waals surface area contributed by atoms with Crippen LogP contribution in [0.3, 0.4) is 0 Å². The minimum Gasteiger partial charge on any atom is -0.378 e. The first-order valence-electron chi connectivity index (χ1n) is 6.74. The fourth-order valence-corrected chi connectivity index (χ4v) is 2.22. The highest BCUT2D eigenvalue weighted by atomic mass is 79.9. The van der Waals surface area contributed by atoms with Gasteiger partial charge in [0, 0.05) is 24.4 Å². The highest BCUT2D eigenvalue weighted by molar-refractivity contribution is 9.09. The zero-order chi connectivity index (χ0) is 12.5. The van der Waals surface area contributed by atoms with Crippen LogP contribution in [0.1, 0.15) is 51.9 Å². The van der Waals surface area contributed by atoms with Gasteiger partial charge in [-0.3, -0.25) is 4.79 Å². The van der Waals surface area contributed by atoms with E-state index in [4.69, 9.17) is 4.74 Å². The van der Waals surface area contributed by atoms with E-state index in [1.165, 1.54) is 12.8 Å². The molecule has 1 N–H and O–H groups in total. The Morgan fingerprint density at radius 3 is 3.00 bits per heavy atom. The van der Waals surface area contributed by atoms with Crippen molar-refractivity contribution in [3.63, 3.8) is 0 Å². The van der Waals surface area contributed by atoms with E-state index in [1.54, 1.807) is 0 Å². The number of nitrogens with one attached hydrogen (secondary N) is 1. The van der Waals surface area contributed by atoms with Crippen LogP contribution < -0.4 is 5.32 Å². The molecule has 0 aromatic heterocycles. The summed E-state index contributed by atoms with van der Waals surface area (Å²) in [6.45, 7) is 3.78. The highest BCUT2D eigenvalue weighted by Gasteiger charge is 2.15. The molecule has 2 atom stereocenters. The summed E-state index contributed by atoms with van der Waals surface area (Å²) in [6.07, 6.45) is 7.43. The molecule has 1 rings (SSSR count). The highest BCUT2D eigenvalue weighted by Crippen LogP contribution is 2.16. The number of hydrogen-bond acceptors (Lipinski definition) is 2. The molecule has 17 heavy (non-hydrogen) atoms. The Kier molecular flexibility index (Phi) is 7.86. The minimum atomic E-state index is 0.162. The van der Waals surface area contributed by atoms with Gasteiger partial charge in [0.25, 0.3) is 0 Å². The van der Waals surface area contributed by atoms with Gasteiger partial charge in [0.05, 0.1) is 6.10 Å². The Morgan fingerprint density at radius 2 is 2.35 bits per heavy atom. The van der Waals surface area contributed by atoms with Crippen molar-refractivity contribution in [1.29, 1.82) is 0 Å². The Balaban J connectivity index is 2.00. The molecule has 1 fully saturated rings. The quantitative estimate of drug-likeness (QED) is 0.734. The van der Waals surface area contributed by atoms with E-state index in [0.29, 0.717) is 17.4 Å². The molecule has 4 heteroatoms. The Morgan fingerprint density at radius 1 is 1.53 bits per heavy atom. The van der Waals surface area contributed by atoms with Gasteiger partial charge >= 0.3 is 0 Å². The van der Waals surface area contributed by atoms with Crippen molar-refractivity contribution < 1.29 is 9.53 Å². The number of carbonyl (C=O) groups is 1. The lowest BCUT2D eigenvalue weighted by atomic mass is 10.0. The normalized spacial score (nSPS) is 22.1. The molecule has 0 aromatic rings. The summed E-state index contributed by atoms with van der Waals surface area (Å²) in [5, 5.41) is 2.96. The number of ether oxygens (including phenoxy) is 1. The maximum atomic E-state index is 11.6. The molecular formula is C13H24BrNO2. The average molecular weight is 306 g/mol. The Labute approximate surface area is 113 Å². The first kappa shape index (κ1) is 15.0. The molecule has 1 aliphatic heterocycles. The van der Waals surface area contributed by atoms with Crippen LogP contribution in [0.4, 0.5) is 0 Å². The van der Waals surface area contributed by atoms with E-state index < -0.39 is 0 Å². The Hall–Kier alpha value is -0.0900. The largest absolute Gasteiger partial charge is 0.378 e. The van der Waals surface area contributed by atoms with E-state index in [2.05, 4.69) is 28.2 Å². The predicted molar refractivity (Wildman–Crippen MR) is 73.5 cm³/mol. The van der Waals surface area contributed by atoms with Crippen molar-refractivity contribution in [2.45, 2.75) is 62.8 Å². The SMILES string of the molecule is CCC(Br)CCNC(=O)CCC1CCCCO1. The van der Waals surface area contributed by atoms with Crippen molar-refractivity contribution in [3.05, 3.63) is 0 Å². The topological polar surface area (TPSA) is 38.3 Å². The minimum absolute atomic E-state index is 0.162. The number of rotatable bonds is 7. The summed E-state index contributed by atoms with van der Waals surface area (Å²) >= 11 is 3.56. The summed E-state index contributed by atoms with van der Waals surface area (Å²) in [4.78, 5) is 12.1. The smallest absolute Gasteiger partial charge is 0.220 e. The van der Waals surface area contributed by atoms with Gasteiger partial charge in [-0.2, -0.15) is 0 Å². The van der Waals surface area contributed by atoms with Gasteiger partial charge in [-0.1, -0.05) is 22.9 Å². The molecule has 0 aromatic carbocycles. The second-order valence-corrected chi connectivity index (χ2v) is 5.97. The fraction of sp³-hybridized carbons (Fsp3) is 0.923. The summed E-state index contributed by atoms with van der Waals surface area (Å²) in [5.74, 6) is 0.162. The van der Waals surface area contributed by atoms with Gasteiger partial charge in [-0.25, -0.2) is 0 Å². The van der Waals surface area contributed by atoms with Crippen molar-refractivity contribution >= 4 is 21.8 Å². The third-order valence-corrected chi connectivity index (χ3v) is 4.30. The maximum absolute atomic E-state index is 11.6. The van der Waals surface area contributed by atoms with Crippen molar-refractivity contribution in [1.82, 2.24) is 5.32 Å². The molecule has 0 bridgehead atoms. The number of carbonyl (C=O) groups excluding carboxylic acids is 1. The second-order valence-electron chi connectivity index (χ2n) is 4.67. The van der Waals surface area contributed by atoms with Crippen molar-refractivity contribution in [2.24, 2.45) is 0 Å². The third kappa shape index (κ3) is 7.04. The monoisotopic (exact) mass is 305 g/mol. The van der Waals surface area contributed by atoms with Crippen molar-refractivity contribution in [2.75, 3.05) is 13.2 Å². The molecule has 2 unspecified atom stereocenters. The van der Waals surface area contributed by atoms with E-state index in [9.17, 15) is 4.79 Å². The lowest BCUT2D eigenvalue weighted by Crippen LogP contribution is -2.28. The molecular weight excluding hydrogens is 282 g/mol. The summed E-state index contributed by atoms with van der Waals surface area (Å²) in [7, 11) is 0. The van der Waals surface area contributed by atoms with Gasteiger partial charge in [-0.05, 0) is 38.5 Å². The molecule has 0 spiro atoms. The number of halogens is 1. The predicted octanol–water partition coefficient (Wildman–Crippen LogP) is 3.02. The number of amides is 1. The van der Waals surface area contributed by atoms with E-state index in [0.717, 1.165) is 38.8 Å². The molecule has 1 heterocycles. The lowest BCUT2D eigenvalue weighted by Gasteiger charge is -2.22. The molecule has 1 aliphatic rings. The van der Waals surface area contributed by atoms with Crippen LogP contribution in [-0.2, 0) is 9.53 Å². The van der Waals surface area contributed by atoms with E-state index in [1.807, 2.05) is 0 Å².